The van der Waals surface area contributed by atoms with E-state index in [0.29, 0.717) is 31.0 Å². The molecule has 1 aromatic heterocycles. The van der Waals surface area contributed by atoms with Crippen molar-refractivity contribution in [2.75, 3.05) is 18.5 Å². The highest BCUT2D eigenvalue weighted by atomic mass is 16.4. The highest BCUT2D eigenvalue weighted by Gasteiger charge is 2.33. The molecule has 19 heavy (non-hydrogen) atoms. The van der Waals surface area contributed by atoms with Crippen LogP contribution in [0.25, 0.3) is 0 Å². The minimum atomic E-state index is -0.588. The summed E-state index contributed by atoms with van der Waals surface area (Å²) >= 11 is 0. The fraction of sp³-hybridized carbons (Fsp3) is 0.846. The van der Waals surface area contributed by atoms with E-state index in [4.69, 9.17) is 4.42 Å². The fourth-order valence-corrected chi connectivity index (χ4v) is 2.69. The Morgan fingerprint density at radius 3 is 2.79 bits per heavy atom. The first-order valence-electron chi connectivity index (χ1n) is 7.14. The Balaban J connectivity index is 1.54. The number of rotatable bonds is 6. The Hall–Kier alpha value is -1.14. The molecule has 6 nitrogen and oxygen atoms in total. The first kappa shape index (κ1) is 12.9. The molecule has 0 amide bonds. The summed E-state index contributed by atoms with van der Waals surface area (Å²) in [6.07, 6.45) is 6.42. The lowest BCUT2D eigenvalue weighted by Crippen LogP contribution is -2.39. The van der Waals surface area contributed by atoms with Crippen LogP contribution in [0, 0.1) is 0 Å². The number of hydrogen-bond donors (Lipinski definition) is 2. The summed E-state index contributed by atoms with van der Waals surface area (Å²) in [6, 6.07) is 1.13. The van der Waals surface area contributed by atoms with Crippen molar-refractivity contribution in [1.29, 1.82) is 0 Å². The van der Waals surface area contributed by atoms with Gasteiger partial charge >= 0.3 is 6.01 Å². The van der Waals surface area contributed by atoms with Gasteiger partial charge in [-0.2, -0.15) is 0 Å². The molecular weight excluding hydrogens is 244 g/mol. The molecule has 0 unspecified atom stereocenters. The van der Waals surface area contributed by atoms with E-state index in [2.05, 4.69) is 15.5 Å². The number of aliphatic hydroxyl groups is 1. The van der Waals surface area contributed by atoms with Gasteiger partial charge in [0.05, 0.1) is 18.7 Å². The van der Waals surface area contributed by atoms with Gasteiger partial charge < -0.3 is 19.7 Å². The van der Waals surface area contributed by atoms with Crippen molar-refractivity contribution in [3.05, 3.63) is 5.89 Å². The second kappa shape index (κ2) is 5.09. The Morgan fingerprint density at radius 1 is 1.37 bits per heavy atom. The standard InChI is InChI=1S/C13H22N4O2/c1-17(9-13(18)6-2-3-7-13)12-16-15-11(19-12)8-14-10-4-5-10/h10,14,18H,2-9H2,1H3. The summed E-state index contributed by atoms with van der Waals surface area (Å²) in [5.74, 6) is 0.618. The number of nitrogens with one attached hydrogen (secondary N) is 1. The van der Waals surface area contributed by atoms with Crippen LogP contribution in [0.15, 0.2) is 4.42 Å². The molecule has 1 heterocycles. The molecule has 6 heteroatoms. The predicted octanol–water partition coefficient (Wildman–Crippen LogP) is 1.06. The monoisotopic (exact) mass is 266 g/mol. The summed E-state index contributed by atoms with van der Waals surface area (Å²) in [6.45, 7) is 1.19. The molecule has 0 spiro atoms. The zero-order chi connectivity index (χ0) is 13.3. The van der Waals surface area contributed by atoms with E-state index in [0.717, 1.165) is 25.7 Å². The first-order valence-corrected chi connectivity index (χ1v) is 7.14. The zero-order valence-corrected chi connectivity index (χ0v) is 11.4. The molecule has 3 rings (SSSR count). The van der Waals surface area contributed by atoms with Crippen molar-refractivity contribution in [3.8, 4) is 0 Å². The predicted molar refractivity (Wildman–Crippen MR) is 70.8 cm³/mol. The van der Waals surface area contributed by atoms with Crippen molar-refractivity contribution < 1.29 is 9.52 Å². The van der Waals surface area contributed by atoms with E-state index < -0.39 is 5.60 Å². The van der Waals surface area contributed by atoms with Crippen molar-refractivity contribution in [3.63, 3.8) is 0 Å². The highest BCUT2D eigenvalue weighted by Crippen LogP contribution is 2.30. The highest BCUT2D eigenvalue weighted by molar-refractivity contribution is 5.23. The summed E-state index contributed by atoms with van der Waals surface area (Å²) in [5.41, 5.74) is -0.588. The van der Waals surface area contributed by atoms with E-state index >= 15 is 0 Å². The van der Waals surface area contributed by atoms with E-state index in [1.54, 1.807) is 0 Å². The fourth-order valence-electron chi connectivity index (χ4n) is 2.69. The van der Waals surface area contributed by atoms with Crippen LogP contribution in [0.5, 0.6) is 0 Å². The molecule has 0 atom stereocenters. The molecule has 2 fully saturated rings. The Labute approximate surface area is 113 Å². The van der Waals surface area contributed by atoms with Crippen molar-refractivity contribution in [1.82, 2.24) is 15.5 Å². The average Bonchev–Trinajstić information content (AvgIpc) is 2.91. The lowest BCUT2D eigenvalue weighted by atomic mass is 10.0. The van der Waals surface area contributed by atoms with Crippen LogP contribution in [0.4, 0.5) is 6.01 Å². The normalized spacial score (nSPS) is 21.8. The number of hydrogen-bond acceptors (Lipinski definition) is 6. The number of aromatic nitrogens is 2. The van der Waals surface area contributed by atoms with Gasteiger partial charge in [0.1, 0.15) is 0 Å². The quantitative estimate of drug-likeness (QED) is 0.802. The van der Waals surface area contributed by atoms with Crippen molar-refractivity contribution in [2.45, 2.75) is 56.7 Å². The minimum Gasteiger partial charge on any atom is -0.407 e. The molecule has 0 saturated heterocycles. The second-order valence-corrected chi connectivity index (χ2v) is 5.92. The van der Waals surface area contributed by atoms with Gasteiger partial charge in [-0.1, -0.05) is 17.9 Å². The van der Waals surface area contributed by atoms with E-state index in [-0.39, 0.29) is 0 Å². The first-order chi connectivity index (χ1) is 9.15. The molecule has 106 valence electrons. The van der Waals surface area contributed by atoms with Gasteiger partial charge in [0.2, 0.25) is 5.89 Å². The van der Waals surface area contributed by atoms with Gasteiger partial charge in [-0.15, -0.1) is 5.10 Å². The van der Waals surface area contributed by atoms with Gasteiger partial charge in [0.15, 0.2) is 0 Å². The number of likely N-dealkylation sites (N-methyl/N-ethyl adjacent to an activating group) is 1. The zero-order valence-electron chi connectivity index (χ0n) is 11.4. The van der Waals surface area contributed by atoms with Gasteiger partial charge in [-0.05, 0) is 25.7 Å². The maximum Gasteiger partial charge on any atom is 0.318 e. The third kappa shape index (κ3) is 3.25. The molecular formula is C13H22N4O2. The van der Waals surface area contributed by atoms with Crippen molar-refractivity contribution in [2.24, 2.45) is 0 Å². The Morgan fingerprint density at radius 2 is 2.11 bits per heavy atom. The van der Waals surface area contributed by atoms with Crippen LogP contribution in [-0.2, 0) is 6.54 Å². The Kier molecular flexibility index (Phi) is 3.45. The molecule has 1 aromatic rings. The molecule has 0 aliphatic heterocycles. The molecule has 0 aromatic carbocycles. The molecule has 0 bridgehead atoms. The van der Waals surface area contributed by atoms with Gasteiger partial charge in [0, 0.05) is 13.1 Å². The number of nitrogens with zero attached hydrogens (tertiary/aromatic N) is 3. The molecule has 2 N–H and O–H groups in total. The smallest absolute Gasteiger partial charge is 0.318 e. The van der Waals surface area contributed by atoms with E-state index in [1.807, 2.05) is 11.9 Å². The van der Waals surface area contributed by atoms with E-state index in [1.165, 1.54) is 12.8 Å². The van der Waals surface area contributed by atoms with Crippen LogP contribution in [0.3, 0.4) is 0 Å². The summed E-state index contributed by atoms with van der Waals surface area (Å²) in [7, 11) is 1.89. The number of anilines is 1. The SMILES string of the molecule is CN(CC1(O)CCCC1)c1nnc(CNC2CC2)o1. The topological polar surface area (TPSA) is 74.4 Å². The molecule has 0 radical (unpaired) electrons. The minimum absolute atomic E-state index is 0.493. The van der Waals surface area contributed by atoms with Crippen LogP contribution >= 0.6 is 0 Å². The van der Waals surface area contributed by atoms with E-state index in [9.17, 15) is 5.11 Å². The average molecular weight is 266 g/mol. The Bertz CT molecular complexity index is 424. The van der Waals surface area contributed by atoms with Gasteiger partial charge in [-0.25, -0.2) is 0 Å². The lowest BCUT2D eigenvalue weighted by molar-refractivity contribution is 0.0549. The summed E-state index contributed by atoms with van der Waals surface area (Å²) in [5, 5.41) is 21.8. The second-order valence-electron chi connectivity index (χ2n) is 5.92. The molecule has 2 saturated carbocycles. The largest absolute Gasteiger partial charge is 0.407 e. The van der Waals surface area contributed by atoms with Crippen molar-refractivity contribution >= 4 is 6.01 Å². The summed E-state index contributed by atoms with van der Waals surface area (Å²) < 4.78 is 5.61. The molecule has 2 aliphatic rings. The maximum atomic E-state index is 10.4. The third-order valence-electron chi connectivity index (χ3n) is 3.97. The third-order valence-corrected chi connectivity index (χ3v) is 3.97. The maximum absolute atomic E-state index is 10.4. The van der Waals surface area contributed by atoms with Gasteiger partial charge in [-0.3, -0.25) is 0 Å². The van der Waals surface area contributed by atoms with Crippen LogP contribution < -0.4 is 10.2 Å². The summed E-state index contributed by atoms with van der Waals surface area (Å²) in [4.78, 5) is 1.86. The molecule has 2 aliphatic carbocycles. The van der Waals surface area contributed by atoms with Crippen LogP contribution in [0.2, 0.25) is 0 Å². The lowest BCUT2D eigenvalue weighted by Gasteiger charge is -2.27. The van der Waals surface area contributed by atoms with Gasteiger partial charge in [0.25, 0.3) is 0 Å². The van der Waals surface area contributed by atoms with Crippen LogP contribution in [0.1, 0.15) is 44.4 Å². The van der Waals surface area contributed by atoms with Crippen LogP contribution in [-0.4, -0.2) is 40.5 Å².